The first-order chi connectivity index (χ1) is 14.6. The SMILES string of the molecule is Cc1ccc([C@@H](C)NC(=O)c2ccc(C)c(N(C)S(=O)(=O)c3ccccc3)c2)cc1C. The predicted octanol–water partition coefficient (Wildman–Crippen LogP) is 4.93. The van der Waals surface area contributed by atoms with Crippen LogP contribution in [0.2, 0.25) is 0 Å². The van der Waals surface area contributed by atoms with Gasteiger partial charge in [-0.25, -0.2) is 8.42 Å². The lowest BCUT2D eigenvalue weighted by Crippen LogP contribution is -2.29. The van der Waals surface area contributed by atoms with E-state index in [4.69, 9.17) is 0 Å². The van der Waals surface area contributed by atoms with Gasteiger partial charge in [0.15, 0.2) is 0 Å². The van der Waals surface area contributed by atoms with Crippen molar-refractivity contribution in [3.63, 3.8) is 0 Å². The van der Waals surface area contributed by atoms with E-state index in [0.717, 1.165) is 11.1 Å². The second-order valence-electron chi connectivity index (χ2n) is 7.83. The van der Waals surface area contributed by atoms with E-state index in [2.05, 4.69) is 18.3 Å². The van der Waals surface area contributed by atoms with Crippen LogP contribution in [0.4, 0.5) is 5.69 Å². The van der Waals surface area contributed by atoms with Crippen molar-refractivity contribution in [3.8, 4) is 0 Å². The molecule has 3 aromatic carbocycles. The summed E-state index contributed by atoms with van der Waals surface area (Å²) in [6.45, 7) is 7.85. The molecule has 31 heavy (non-hydrogen) atoms. The van der Waals surface area contributed by atoms with Gasteiger partial charge in [-0.3, -0.25) is 9.10 Å². The fraction of sp³-hybridized carbons (Fsp3) is 0.240. The first-order valence-corrected chi connectivity index (χ1v) is 11.6. The van der Waals surface area contributed by atoms with Gasteiger partial charge in [-0.2, -0.15) is 0 Å². The Morgan fingerprint density at radius 3 is 2.16 bits per heavy atom. The summed E-state index contributed by atoms with van der Waals surface area (Å²) in [5.74, 6) is -0.252. The highest BCUT2D eigenvalue weighted by Crippen LogP contribution is 2.27. The zero-order valence-corrected chi connectivity index (χ0v) is 19.3. The molecule has 1 atom stereocenters. The molecule has 162 valence electrons. The fourth-order valence-electron chi connectivity index (χ4n) is 3.37. The van der Waals surface area contributed by atoms with Crippen molar-refractivity contribution >= 4 is 21.6 Å². The zero-order chi connectivity index (χ0) is 22.8. The largest absolute Gasteiger partial charge is 0.346 e. The Morgan fingerprint density at radius 1 is 0.871 bits per heavy atom. The van der Waals surface area contributed by atoms with Crippen LogP contribution in [0.3, 0.4) is 0 Å². The van der Waals surface area contributed by atoms with Gasteiger partial charge >= 0.3 is 0 Å². The van der Waals surface area contributed by atoms with Gasteiger partial charge in [0.25, 0.3) is 15.9 Å². The number of nitrogens with zero attached hydrogens (tertiary/aromatic N) is 1. The molecular formula is C25H28N2O3S. The number of hydrogen-bond acceptors (Lipinski definition) is 3. The van der Waals surface area contributed by atoms with E-state index in [1.54, 1.807) is 48.5 Å². The van der Waals surface area contributed by atoms with Crippen molar-refractivity contribution < 1.29 is 13.2 Å². The monoisotopic (exact) mass is 436 g/mol. The Bertz CT molecular complexity index is 1200. The molecule has 0 aliphatic rings. The smallest absolute Gasteiger partial charge is 0.264 e. The Kier molecular flexibility index (Phi) is 6.51. The minimum atomic E-state index is -3.73. The van der Waals surface area contributed by atoms with E-state index in [1.165, 1.54) is 22.5 Å². The molecule has 0 saturated heterocycles. The lowest BCUT2D eigenvalue weighted by atomic mass is 10.0. The lowest BCUT2D eigenvalue weighted by Gasteiger charge is -2.22. The molecule has 1 amide bonds. The third-order valence-corrected chi connectivity index (χ3v) is 7.38. The number of carbonyl (C=O) groups excluding carboxylic acids is 1. The van der Waals surface area contributed by atoms with E-state index in [1.807, 2.05) is 32.9 Å². The zero-order valence-electron chi connectivity index (χ0n) is 18.5. The van der Waals surface area contributed by atoms with Crippen molar-refractivity contribution in [2.45, 2.75) is 38.6 Å². The third-order valence-electron chi connectivity index (χ3n) is 5.59. The molecule has 6 heteroatoms. The van der Waals surface area contributed by atoms with Crippen LogP contribution in [0.5, 0.6) is 0 Å². The first-order valence-electron chi connectivity index (χ1n) is 10.1. The van der Waals surface area contributed by atoms with E-state index < -0.39 is 10.0 Å². The minimum Gasteiger partial charge on any atom is -0.346 e. The summed E-state index contributed by atoms with van der Waals surface area (Å²) in [5.41, 5.74) is 5.03. The van der Waals surface area contributed by atoms with Gasteiger partial charge in [-0.1, -0.05) is 42.5 Å². The van der Waals surface area contributed by atoms with Crippen LogP contribution in [0, 0.1) is 20.8 Å². The van der Waals surface area contributed by atoms with E-state index >= 15 is 0 Å². The number of hydrogen-bond donors (Lipinski definition) is 1. The maximum atomic E-state index is 13.0. The summed E-state index contributed by atoms with van der Waals surface area (Å²) >= 11 is 0. The Hall–Kier alpha value is -3.12. The molecule has 3 rings (SSSR count). The summed E-state index contributed by atoms with van der Waals surface area (Å²) < 4.78 is 27.3. The Morgan fingerprint density at radius 2 is 1.52 bits per heavy atom. The van der Waals surface area contributed by atoms with Gasteiger partial charge in [0.05, 0.1) is 16.6 Å². The van der Waals surface area contributed by atoms with Gasteiger partial charge in [0, 0.05) is 12.6 Å². The first kappa shape index (κ1) is 22.6. The van der Waals surface area contributed by atoms with Gasteiger partial charge < -0.3 is 5.32 Å². The molecule has 3 aromatic rings. The number of anilines is 1. The number of sulfonamides is 1. The van der Waals surface area contributed by atoms with Gasteiger partial charge in [0.2, 0.25) is 0 Å². The number of amides is 1. The molecule has 0 aliphatic carbocycles. The van der Waals surface area contributed by atoms with Crippen molar-refractivity contribution in [1.29, 1.82) is 0 Å². The molecule has 1 N–H and O–H groups in total. The van der Waals surface area contributed by atoms with Gasteiger partial charge in [0.1, 0.15) is 0 Å². The number of nitrogens with one attached hydrogen (secondary N) is 1. The van der Waals surface area contributed by atoms with E-state index in [9.17, 15) is 13.2 Å². The summed E-state index contributed by atoms with van der Waals surface area (Å²) in [6.07, 6.45) is 0. The summed E-state index contributed by atoms with van der Waals surface area (Å²) in [6, 6.07) is 19.3. The molecule has 0 saturated carbocycles. The van der Waals surface area contributed by atoms with Crippen LogP contribution in [-0.4, -0.2) is 21.4 Å². The normalized spacial score (nSPS) is 12.3. The minimum absolute atomic E-state index is 0.178. The molecule has 5 nitrogen and oxygen atoms in total. The average Bonchev–Trinajstić information content (AvgIpc) is 2.76. The van der Waals surface area contributed by atoms with Gasteiger partial charge in [-0.15, -0.1) is 0 Å². The van der Waals surface area contributed by atoms with Crippen LogP contribution < -0.4 is 9.62 Å². The molecule has 0 aromatic heterocycles. The van der Waals surface area contributed by atoms with Crippen LogP contribution in [-0.2, 0) is 10.0 Å². The summed E-state index contributed by atoms with van der Waals surface area (Å²) in [4.78, 5) is 13.1. The van der Waals surface area contributed by atoms with E-state index in [0.29, 0.717) is 11.3 Å². The van der Waals surface area contributed by atoms with Crippen LogP contribution in [0.1, 0.15) is 45.6 Å². The topological polar surface area (TPSA) is 66.5 Å². The van der Waals surface area contributed by atoms with E-state index in [-0.39, 0.29) is 16.8 Å². The second-order valence-corrected chi connectivity index (χ2v) is 9.79. The molecule has 0 heterocycles. The van der Waals surface area contributed by atoms with Crippen molar-refractivity contribution in [2.24, 2.45) is 0 Å². The maximum absolute atomic E-state index is 13.0. The number of rotatable bonds is 6. The molecule has 0 aliphatic heterocycles. The Balaban J connectivity index is 1.86. The molecular weight excluding hydrogens is 408 g/mol. The van der Waals surface area contributed by atoms with Crippen LogP contribution in [0.25, 0.3) is 0 Å². The highest BCUT2D eigenvalue weighted by Gasteiger charge is 2.23. The lowest BCUT2D eigenvalue weighted by molar-refractivity contribution is 0.0940. The summed E-state index contributed by atoms with van der Waals surface area (Å²) in [5, 5.41) is 3.01. The molecule has 0 radical (unpaired) electrons. The highest BCUT2D eigenvalue weighted by molar-refractivity contribution is 7.92. The van der Waals surface area contributed by atoms with Crippen molar-refractivity contribution in [3.05, 3.63) is 94.5 Å². The average molecular weight is 437 g/mol. The molecule has 0 fully saturated rings. The number of aryl methyl sites for hydroxylation is 3. The standard InChI is InChI=1S/C25H28N2O3S/c1-17-11-13-21(15-19(17)3)20(4)26-25(28)22-14-12-18(2)24(16-22)27(5)31(29,30)23-9-7-6-8-10-23/h6-16,20H,1-5H3,(H,26,28)/t20-/m1/s1. The fourth-order valence-corrected chi connectivity index (χ4v) is 4.64. The number of carbonyl (C=O) groups is 1. The van der Waals surface area contributed by atoms with Gasteiger partial charge in [-0.05, 0) is 74.2 Å². The van der Waals surface area contributed by atoms with Crippen LogP contribution in [0.15, 0.2) is 71.6 Å². The maximum Gasteiger partial charge on any atom is 0.264 e. The molecule has 0 bridgehead atoms. The molecule has 0 spiro atoms. The molecule has 0 unspecified atom stereocenters. The Labute approximate surface area is 184 Å². The number of benzene rings is 3. The van der Waals surface area contributed by atoms with Crippen molar-refractivity contribution in [1.82, 2.24) is 5.32 Å². The van der Waals surface area contributed by atoms with Crippen molar-refractivity contribution in [2.75, 3.05) is 11.4 Å². The highest BCUT2D eigenvalue weighted by atomic mass is 32.2. The predicted molar refractivity (Wildman–Crippen MR) is 125 cm³/mol. The third kappa shape index (κ3) is 4.80. The quantitative estimate of drug-likeness (QED) is 0.596. The second kappa shape index (κ2) is 8.94. The van der Waals surface area contributed by atoms with Crippen LogP contribution >= 0.6 is 0 Å². The summed E-state index contributed by atoms with van der Waals surface area (Å²) in [7, 11) is -2.23.